The first-order valence-corrected chi connectivity index (χ1v) is 6.37. The number of hydrogen-bond donors (Lipinski definition) is 2. The van der Waals surface area contributed by atoms with Crippen molar-refractivity contribution in [2.24, 2.45) is 10.9 Å². The summed E-state index contributed by atoms with van der Waals surface area (Å²) in [4.78, 5) is 6.30. The Morgan fingerprint density at radius 2 is 2.39 bits per heavy atom. The van der Waals surface area contributed by atoms with Gasteiger partial charge in [-0.05, 0) is 24.5 Å². The fourth-order valence-electron chi connectivity index (χ4n) is 1.89. The van der Waals surface area contributed by atoms with E-state index in [1.54, 1.807) is 12.4 Å². The van der Waals surface area contributed by atoms with Crippen LogP contribution in [-0.2, 0) is 6.54 Å². The minimum Gasteiger partial charge on any atom is -0.409 e. The first-order valence-electron chi connectivity index (χ1n) is 5.99. The highest BCUT2D eigenvalue weighted by atomic mass is 35.5. The molecule has 1 fully saturated rings. The Labute approximate surface area is 111 Å². The Bertz CT molecular complexity index is 434. The summed E-state index contributed by atoms with van der Waals surface area (Å²) in [6.07, 6.45) is 6.38. The van der Waals surface area contributed by atoms with Crippen LogP contribution in [0.3, 0.4) is 0 Å². The van der Waals surface area contributed by atoms with Crippen molar-refractivity contribution in [2.75, 3.05) is 6.54 Å². The lowest BCUT2D eigenvalue weighted by molar-refractivity contribution is 0.259. The second-order valence-corrected chi connectivity index (χ2v) is 4.92. The zero-order chi connectivity index (χ0) is 13.0. The molecule has 1 aliphatic carbocycles. The van der Waals surface area contributed by atoms with E-state index >= 15 is 0 Å². The zero-order valence-corrected chi connectivity index (χ0v) is 10.8. The predicted molar refractivity (Wildman–Crippen MR) is 70.7 cm³/mol. The smallest absolute Gasteiger partial charge is 0.140 e. The lowest BCUT2D eigenvalue weighted by atomic mass is 10.2. The van der Waals surface area contributed by atoms with Crippen molar-refractivity contribution in [3.05, 3.63) is 29.0 Å². The number of oxime groups is 1. The van der Waals surface area contributed by atoms with Crippen molar-refractivity contribution in [1.82, 2.24) is 9.88 Å². The molecule has 1 aromatic rings. The summed E-state index contributed by atoms with van der Waals surface area (Å²) >= 11 is 6.11. The molecule has 0 amide bonds. The van der Waals surface area contributed by atoms with Gasteiger partial charge in [-0.3, -0.25) is 9.88 Å². The highest BCUT2D eigenvalue weighted by Gasteiger charge is 2.29. The van der Waals surface area contributed by atoms with Gasteiger partial charge in [0.1, 0.15) is 5.84 Å². The number of nitrogens with two attached hydrogens (primary N) is 1. The molecule has 5 nitrogen and oxygen atoms in total. The fourth-order valence-corrected chi connectivity index (χ4v) is 2.07. The second kappa shape index (κ2) is 6.02. The molecule has 0 saturated heterocycles. The molecule has 0 unspecified atom stereocenters. The molecule has 0 radical (unpaired) electrons. The van der Waals surface area contributed by atoms with Crippen LogP contribution in [0.25, 0.3) is 0 Å². The zero-order valence-electron chi connectivity index (χ0n) is 10.1. The third-order valence-electron chi connectivity index (χ3n) is 3.08. The molecule has 98 valence electrons. The minimum absolute atomic E-state index is 0.265. The monoisotopic (exact) mass is 268 g/mol. The molecule has 0 aliphatic heterocycles. The number of aromatic nitrogens is 1. The van der Waals surface area contributed by atoms with Crippen molar-refractivity contribution in [1.29, 1.82) is 0 Å². The van der Waals surface area contributed by atoms with Crippen LogP contribution in [0, 0.1) is 0 Å². The largest absolute Gasteiger partial charge is 0.409 e. The van der Waals surface area contributed by atoms with Crippen LogP contribution in [0.2, 0.25) is 5.02 Å². The standard InChI is InChI=1S/C12H17ClN4O/c13-11-7-15-5-3-9(11)8-17(10-1-2-10)6-4-12(14)16-18/h3,5,7,10,18H,1-2,4,6,8H2,(H2,14,16). The normalized spacial score (nSPS) is 16.2. The number of rotatable bonds is 6. The van der Waals surface area contributed by atoms with Gasteiger partial charge < -0.3 is 10.9 Å². The Balaban J connectivity index is 1.96. The third kappa shape index (κ3) is 3.58. The van der Waals surface area contributed by atoms with E-state index in [1.165, 1.54) is 12.8 Å². The van der Waals surface area contributed by atoms with Crippen LogP contribution in [0.15, 0.2) is 23.6 Å². The average molecular weight is 269 g/mol. The van der Waals surface area contributed by atoms with Gasteiger partial charge in [0.05, 0.1) is 5.02 Å². The SMILES string of the molecule is NC(CCN(Cc1ccncc1Cl)C1CC1)=NO. The maximum Gasteiger partial charge on any atom is 0.140 e. The summed E-state index contributed by atoms with van der Waals surface area (Å²) in [6, 6.07) is 2.53. The lowest BCUT2D eigenvalue weighted by Crippen LogP contribution is -2.30. The Kier molecular flexibility index (Phi) is 4.38. The molecule has 18 heavy (non-hydrogen) atoms. The highest BCUT2D eigenvalue weighted by molar-refractivity contribution is 6.31. The molecular weight excluding hydrogens is 252 g/mol. The molecule has 1 heterocycles. The topological polar surface area (TPSA) is 74.7 Å². The molecule has 6 heteroatoms. The van der Waals surface area contributed by atoms with Crippen molar-refractivity contribution in [3.8, 4) is 0 Å². The molecule has 2 rings (SSSR count). The first-order chi connectivity index (χ1) is 8.70. The summed E-state index contributed by atoms with van der Waals surface area (Å²) in [5.41, 5.74) is 6.57. The van der Waals surface area contributed by atoms with Crippen LogP contribution in [0.4, 0.5) is 0 Å². The van der Waals surface area contributed by atoms with E-state index in [0.717, 1.165) is 18.7 Å². The van der Waals surface area contributed by atoms with Crippen LogP contribution in [0.1, 0.15) is 24.8 Å². The number of hydrogen-bond acceptors (Lipinski definition) is 4. The maximum absolute atomic E-state index is 8.55. The van der Waals surface area contributed by atoms with Gasteiger partial charge in [0.25, 0.3) is 0 Å². The van der Waals surface area contributed by atoms with Crippen LogP contribution < -0.4 is 5.73 Å². The van der Waals surface area contributed by atoms with Crippen molar-refractivity contribution >= 4 is 17.4 Å². The van der Waals surface area contributed by atoms with Crippen molar-refractivity contribution < 1.29 is 5.21 Å². The quantitative estimate of drug-likeness (QED) is 0.357. The molecule has 1 aromatic heterocycles. The first kappa shape index (κ1) is 13.1. The molecule has 1 saturated carbocycles. The molecule has 0 aromatic carbocycles. The van der Waals surface area contributed by atoms with Crippen LogP contribution in [0.5, 0.6) is 0 Å². The van der Waals surface area contributed by atoms with Crippen LogP contribution in [-0.4, -0.2) is 33.5 Å². The lowest BCUT2D eigenvalue weighted by Gasteiger charge is -2.22. The van der Waals surface area contributed by atoms with Crippen LogP contribution >= 0.6 is 11.6 Å². The van der Waals surface area contributed by atoms with E-state index < -0.39 is 0 Å². The van der Waals surface area contributed by atoms with E-state index in [4.69, 9.17) is 22.5 Å². The summed E-state index contributed by atoms with van der Waals surface area (Å²) < 4.78 is 0. The Morgan fingerprint density at radius 3 is 3.00 bits per heavy atom. The van der Waals surface area contributed by atoms with Gasteiger partial charge in [0.2, 0.25) is 0 Å². The molecule has 0 atom stereocenters. The average Bonchev–Trinajstić information content (AvgIpc) is 3.20. The van der Waals surface area contributed by atoms with E-state index in [9.17, 15) is 0 Å². The predicted octanol–water partition coefficient (Wildman–Crippen LogP) is 1.84. The minimum atomic E-state index is 0.265. The van der Waals surface area contributed by atoms with Gasteiger partial charge >= 0.3 is 0 Å². The summed E-state index contributed by atoms with van der Waals surface area (Å²) in [5, 5.41) is 12.2. The van der Waals surface area contributed by atoms with E-state index in [-0.39, 0.29) is 5.84 Å². The van der Waals surface area contributed by atoms with Gasteiger partial charge in [-0.15, -0.1) is 0 Å². The van der Waals surface area contributed by atoms with Gasteiger partial charge in [0, 0.05) is 37.9 Å². The molecule has 0 bridgehead atoms. The molecule has 3 N–H and O–H groups in total. The molecule has 1 aliphatic rings. The highest BCUT2D eigenvalue weighted by Crippen LogP contribution is 2.29. The number of halogens is 1. The third-order valence-corrected chi connectivity index (χ3v) is 3.42. The van der Waals surface area contributed by atoms with E-state index in [0.29, 0.717) is 17.5 Å². The van der Waals surface area contributed by atoms with Crippen molar-refractivity contribution in [2.45, 2.75) is 31.8 Å². The molecule has 0 spiro atoms. The second-order valence-electron chi connectivity index (χ2n) is 4.51. The molecular formula is C12H17ClN4O. The van der Waals surface area contributed by atoms with E-state index in [1.807, 2.05) is 6.07 Å². The number of pyridine rings is 1. The summed E-state index contributed by atoms with van der Waals surface area (Å²) in [7, 11) is 0. The maximum atomic E-state index is 8.55. The summed E-state index contributed by atoms with van der Waals surface area (Å²) in [6.45, 7) is 1.56. The Hall–Kier alpha value is -1.33. The van der Waals surface area contributed by atoms with Crippen molar-refractivity contribution in [3.63, 3.8) is 0 Å². The van der Waals surface area contributed by atoms with Gasteiger partial charge in [-0.25, -0.2) is 0 Å². The van der Waals surface area contributed by atoms with Gasteiger partial charge in [0.15, 0.2) is 0 Å². The summed E-state index contributed by atoms with van der Waals surface area (Å²) in [5.74, 6) is 0.265. The van der Waals surface area contributed by atoms with Gasteiger partial charge in [-0.2, -0.15) is 0 Å². The van der Waals surface area contributed by atoms with Gasteiger partial charge in [-0.1, -0.05) is 16.8 Å². The van der Waals surface area contributed by atoms with E-state index in [2.05, 4.69) is 15.0 Å². The number of nitrogens with zero attached hydrogens (tertiary/aromatic N) is 3. The number of amidine groups is 1. The Morgan fingerprint density at radius 1 is 1.61 bits per heavy atom. The fraction of sp³-hybridized carbons (Fsp3) is 0.500.